The molecule has 82 valence electrons. The summed E-state index contributed by atoms with van der Waals surface area (Å²) in [6.45, 7) is 8.59. The lowest BCUT2D eigenvalue weighted by Gasteiger charge is -2.24. The van der Waals surface area contributed by atoms with Gasteiger partial charge in [-0.15, -0.1) is 0 Å². The van der Waals surface area contributed by atoms with E-state index in [9.17, 15) is 9.59 Å². The van der Waals surface area contributed by atoms with E-state index in [-0.39, 0.29) is 12.4 Å². The number of Topliss-reactive ketones (excluding diaryl/α,β-unsaturated/α-hetero) is 1. The van der Waals surface area contributed by atoms with E-state index in [1.807, 2.05) is 0 Å². The second-order valence-electron chi connectivity index (χ2n) is 3.97. The van der Waals surface area contributed by atoms with Gasteiger partial charge in [0.1, 0.15) is 0 Å². The largest absolute Gasteiger partial charge is 0.464 e. The molecule has 1 atom stereocenters. The van der Waals surface area contributed by atoms with Crippen LogP contribution in [-0.4, -0.2) is 30.1 Å². The molecule has 0 aliphatic carbocycles. The molecule has 0 radical (unpaired) electrons. The highest BCUT2D eigenvalue weighted by atomic mass is 16.6. The van der Waals surface area contributed by atoms with Gasteiger partial charge in [-0.25, -0.2) is 4.79 Å². The van der Waals surface area contributed by atoms with Crippen molar-refractivity contribution in [1.82, 2.24) is 0 Å². The van der Waals surface area contributed by atoms with E-state index in [0.717, 1.165) is 0 Å². The SMILES string of the molecule is CCOC(=O)C(OC(C)(C)C)C(C)=O. The van der Waals surface area contributed by atoms with Crippen molar-refractivity contribution >= 4 is 11.8 Å². The van der Waals surface area contributed by atoms with Gasteiger partial charge < -0.3 is 9.47 Å². The maximum atomic E-state index is 11.3. The normalized spacial score (nSPS) is 13.5. The summed E-state index contributed by atoms with van der Waals surface area (Å²) < 4.78 is 10.0. The molecule has 0 spiro atoms. The highest BCUT2D eigenvalue weighted by Crippen LogP contribution is 2.12. The van der Waals surface area contributed by atoms with Gasteiger partial charge in [0.15, 0.2) is 5.78 Å². The number of hydrogen-bond acceptors (Lipinski definition) is 4. The summed E-state index contributed by atoms with van der Waals surface area (Å²) in [5, 5.41) is 0. The molecule has 0 bridgehead atoms. The fourth-order valence-electron chi connectivity index (χ4n) is 0.869. The molecule has 0 saturated carbocycles. The highest BCUT2D eigenvalue weighted by Gasteiger charge is 2.30. The summed E-state index contributed by atoms with van der Waals surface area (Å²) in [5.41, 5.74) is -0.539. The minimum absolute atomic E-state index is 0.246. The number of carbonyl (C=O) groups excluding carboxylic acids is 2. The first-order valence-electron chi connectivity index (χ1n) is 4.63. The molecule has 0 amide bonds. The van der Waals surface area contributed by atoms with Crippen molar-refractivity contribution in [2.45, 2.75) is 46.3 Å². The molecule has 14 heavy (non-hydrogen) atoms. The summed E-state index contributed by atoms with van der Waals surface area (Å²) in [6, 6.07) is 0. The average Bonchev–Trinajstić information content (AvgIpc) is 1.98. The molecule has 0 aliphatic heterocycles. The van der Waals surface area contributed by atoms with Gasteiger partial charge in [-0.3, -0.25) is 4.79 Å². The molecule has 4 nitrogen and oxygen atoms in total. The predicted octanol–water partition coefficient (Wildman–Crippen LogP) is 1.32. The predicted molar refractivity (Wildman–Crippen MR) is 51.9 cm³/mol. The van der Waals surface area contributed by atoms with Crippen LogP contribution in [0.2, 0.25) is 0 Å². The maximum absolute atomic E-state index is 11.3. The molecule has 0 aliphatic rings. The number of ketones is 1. The molecule has 0 rings (SSSR count). The van der Waals surface area contributed by atoms with Gasteiger partial charge in [-0.1, -0.05) is 0 Å². The van der Waals surface area contributed by atoms with Crippen LogP contribution in [0, 0.1) is 0 Å². The topological polar surface area (TPSA) is 52.6 Å². The molecule has 0 aromatic heterocycles. The van der Waals surface area contributed by atoms with E-state index in [2.05, 4.69) is 0 Å². The molecule has 0 fully saturated rings. The van der Waals surface area contributed by atoms with E-state index < -0.39 is 17.7 Å². The standard InChI is InChI=1S/C10H18O4/c1-6-13-9(12)8(7(2)11)14-10(3,4)5/h8H,6H2,1-5H3. The Morgan fingerprint density at radius 2 is 1.79 bits per heavy atom. The third-order valence-corrected chi connectivity index (χ3v) is 1.34. The van der Waals surface area contributed by atoms with Crippen LogP contribution in [-0.2, 0) is 19.1 Å². The second kappa shape index (κ2) is 5.10. The lowest BCUT2D eigenvalue weighted by molar-refractivity contribution is -0.169. The Kier molecular flexibility index (Phi) is 4.77. The van der Waals surface area contributed by atoms with Gasteiger partial charge in [-0.05, 0) is 34.6 Å². The lowest BCUT2D eigenvalue weighted by Crippen LogP contribution is -2.39. The minimum atomic E-state index is -1.10. The monoisotopic (exact) mass is 202 g/mol. The van der Waals surface area contributed by atoms with Gasteiger partial charge in [0.2, 0.25) is 6.10 Å². The van der Waals surface area contributed by atoms with Crippen molar-refractivity contribution < 1.29 is 19.1 Å². The van der Waals surface area contributed by atoms with Crippen molar-refractivity contribution in [2.24, 2.45) is 0 Å². The summed E-state index contributed by atoms with van der Waals surface area (Å²) in [7, 11) is 0. The number of esters is 1. The molecule has 0 heterocycles. The average molecular weight is 202 g/mol. The van der Waals surface area contributed by atoms with Crippen molar-refractivity contribution in [3.63, 3.8) is 0 Å². The minimum Gasteiger partial charge on any atom is -0.464 e. The molecule has 0 aromatic carbocycles. The number of ether oxygens (including phenoxy) is 2. The molecule has 4 heteroatoms. The lowest BCUT2D eigenvalue weighted by atomic mass is 10.1. The van der Waals surface area contributed by atoms with Crippen molar-refractivity contribution in [1.29, 1.82) is 0 Å². The van der Waals surface area contributed by atoms with Crippen molar-refractivity contribution in [3.05, 3.63) is 0 Å². The smallest absolute Gasteiger partial charge is 0.343 e. The zero-order valence-corrected chi connectivity index (χ0v) is 9.42. The maximum Gasteiger partial charge on any atom is 0.343 e. The summed E-state index contributed by atoms with van der Waals surface area (Å²) in [6.07, 6.45) is -1.10. The van der Waals surface area contributed by atoms with Crippen molar-refractivity contribution in [2.75, 3.05) is 6.61 Å². The van der Waals surface area contributed by atoms with Gasteiger partial charge in [0.05, 0.1) is 12.2 Å². The van der Waals surface area contributed by atoms with E-state index in [1.165, 1.54) is 6.92 Å². The van der Waals surface area contributed by atoms with Gasteiger partial charge in [0.25, 0.3) is 0 Å². The Morgan fingerprint density at radius 1 is 1.29 bits per heavy atom. The fraction of sp³-hybridized carbons (Fsp3) is 0.800. The van der Waals surface area contributed by atoms with Crippen LogP contribution in [0.5, 0.6) is 0 Å². The Balaban J connectivity index is 4.45. The van der Waals surface area contributed by atoms with Crippen LogP contribution < -0.4 is 0 Å². The zero-order valence-electron chi connectivity index (χ0n) is 9.42. The fourth-order valence-corrected chi connectivity index (χ4v) is 0.869. The Labute approximate surface area is 84.6 Å². The molecular weight excluding hydrogens is 184 g/mol. The first-order valence-corrected chi connectivity index (χ1v) is 4.63. The Hall–Kier alpha value is -0.900. The molecule has 1 unspecified atom stereocenters. The van der Waals surface area contributed by atoms with Gasteiger partial charge >= 0.3 is 5.97 Å². The zero-order chi connectivity index (χ0) is 11.4. The van der Waals surface area contributed by atoms with E-state index in [1.54, 1.807) is 27.7 Å². The summed E-state index contributed by atoms with van der Waals surface area (Å²) >= 11 is 0. The summed E-state index contributed by atoms with van der Waals surface area (Å²) in [5.74, 6) is -0.951. The van der Waals surface area contributed by atoms with E-state index >= 15 is 0 Å². The van der Waals surface area contributed by atoms with Crippen molar-refractivity contribution in [3.8, 4) is 0 Å². The van der Waals surface area contributed by atoms with Crippen LogP contribution in [0.15, 0.2) is 0 Å². The molecular formula is C10H18O4. The van der Waals surface area contributed by atoms with Crippen LogP contribution in [0.25, 0.3) is 0 Å². The van der Waals surface area contributed by atoms with Crippen LogP contribution in [0.3, 0.4) is 0 Å². The van der Waals surface area contributed by atoms with Crippen LogP contribution in [0.1, 0.15) is 34.6 Å². The molecule has 0 aromatic rings. The van der Waals surface area contributed by atoms with Gasteiger partial charge in [-0.2, -0.15) is 0 Å². The number of carbonyl (C=O) groups is 2. The highest BCUT2D eigenvalue weighted by molar-refractivity contribution is 6.00. The quantitative estimate of drug-likeness (QED) is 0.509. The van der Waals surface area contributed by atoms with Crippen LogP contribution >= 0.6 is 0 Å². The second-order valence-corrected chi connectivity index (χ2v) is 3.97. The Morgan fingerprint density at radius 3 is 2.07 bits per heavy atom. The molecule has 0 saturated heterocycles. The van der Waals surface area contributed by atoms with Gasteiger partial charge in [0, 0.05) is 0 Å². The first kappa shape index (κ1) is 13.1. The summed E-state index contributed by atoms with van der Waals surface area (Å²) in [4.78, 5) is 22.4. The van der Waals surface area contributed by atoms with Crippen LogP contribution in [0.4, 0.5) is 0 Å². The Bertz CT molecular complexity index is 215. The first-order chi connectivity index (χ1) is 6.28. The third kappa shape index (κ3) is 4.97. The van der Waals surface area contributed by atoms with E-state index in [4.69, 9.17) is 9.47 Å². The number of hydrogen-bond donors (Lipinski definition) is 0. The number of rotatable bonds is 4. The van der Waals surface area contributed by atoms with E-state index in [0.29, 0.717) is 0 Å². The third-order valence-electron chi connectivity index (χ3n) is 1.34. The molecule has 0 N–H and O–H groups in total.